The lowest BCUT2D eigenvalue weighted by molar-refractivity contribution is 0.200. The van der Waals surface area contributed by atoms with Gasteiger partial charge in [-0.25, -0.2) is 0 Å². The molecule has 0 heterocycles. The summed E-state index contributed by atoms with van der Waals surface area (Å²) in [5, 5.41) is 11.3. The van der Waals surface area contributed by atoms with E-state index in [4.69, 9.17) is 23.2 Å². The monoisotopic (exact) mass is 390 g/mol. The van der Waals surface area contributed by atoms with E-state index in [-0.39, 0.29) is 0 Å². The second-order valence-corrected chi connectivity index (χ2v) is 7.21. The third kappa shape index (κ3) is 4.97. The van der Waals surface area contributed by atoms with Gasteiger partial charge in [0.05, 0.1) is 6.10 Å². The lowest BCUT2D eigenvalue weighted by atomic mass is 10.1. The quantitative estimate of drug-likeness (QED) is 0.683. The van der Waals surface area contributed by atoms with Crippen LogP contribution in [0.25, 0.3) is 0 Å². The number of hydrogen-bond donors (Lipinski definition) is 1. The van der Waals surface area contributed by atoms with Crippen molar-refractivity contribution < 1.29 is 5.11 Å². The fourth-order valence-electron chi connectivity index (χ4n) is 1.75. The first-order valence-corrected chi connectivity index (χ1v) is 8.58. The maximum absolute atomic E-state index is 10.1. The van der Waals surface area contributed by atoms with E-state index in [2.05, 4.69) is 15.9 Å². The molecular weight excluding hydrogens is 379 g/mol. The van der Waals surface area contributed by atoms with E-state index >= 15 is 0 Å². The van der Waals surface area contributed by atoms with Gasteiger partial charge in [-0.05, 0) is 35.9 Å². The molecule has 2 aromatic rings. The Morgan fingerprint density at radius 2 is 1.95 bits per heavy atom. The largest absolute Gasteiger partial charge is 0.392 e. The minimum Gasteiger partial charge on any atom is -0.392 e. The summed E-state index contributed by atoms with van der Waals surface area (Å²) in [7, 11) is 0. The van der Waals surface area contributed by atoms with Gasteiger partial charge in [0.25, 0.3) is 0 Å². The van der Waals surface area contributed by atoms with E-state index in [0.717, 1.165) is 14.9 Å². The molecule has 5 heteroatoms. The second-order valence-electron chi connectivity index (χ2n) is 4.36. The number of aliphatic hydroxyl groups is 1. The molecule has 0 aromatic heterocycles. The van der Waals surface area contributed by atoms with E-state index in [1.807, 2.05) is 30.3 Å². The smallest absolute Gasteiger partial charge is 0.0674 e. The highest BCUT2D eigenvalue weighted by molar-refractivity contribution is 9.10. The van der Waals surface area contributed by atoms with Crippen LogP contribution in [0.2, 0.25) is 10.0 Å². The second kappa shape index (κ2) is 7.71. The number of aliphatic hydroxyl groups excluding tert-OH is 1. The molecule has 20 heavy (non-hydrogen) atoms. The predicted octanol–water partition coefficient (Wildman–Crippen LogP) is 5.45. The molecule has 1 nitrogen and oxygen atoms in total. The van der Waals surface area contributed by atoms with Gasteiger partial charge in [0, 0.05) is 31.6 Å². The SMILES string of the molecule is OC(CSc1cccc(Br)c1)Cc1ccc(Cl)cc1Cl. The van der Waals surface area contributed by atoms with Crippen LogP contribution in [0.4, 0.5) is 0 Å². The van der Waals surface area contributed by atoms with Gasteiger partial charge >= 0.3 is 0 Å². The summed E-state index contributed by atoms with van der Waals surface area (Å²) < 4.78 is 1.04. The Morgan fingerprint density at radius 3 is 2.65 bits per heavy atom. The molecule has 0 radical (unpaired) electrons. The van der Waals surface area contributed by atoms with Gasteiger partial charge in [0.2, 0.25) is 0 Å². The highest BCUT2D eigenvalue weighted by atomic mass is 79.9. The van der Waals surface area contributed by atoms with Crippen molar-refractivity contribution in [1.82, 2.24) is 0 Å². The molecule has 0 aliphatic rings. The molecule has 0 fully saturated rings. The molecule has 1 atom stereocenters. The van der Waals surface area contributed by atoms with Crippen molar-refractivity contribution in [3.63, 3.8) is 0 Å². The topological polar surface area (TPSA) is 20.2 Å². The number of benzene rings is 2. The molecule has 0 spiro atoms. The summed E-state index contributed by atoms with van der Waals surface area (Å²) in [6.07, 6.45) is 0.0782. The summed E-state index contributed by atoms with van der Waals surface area (Å²) in [6, 6.07) is 13.4. The lowest BCUT2D eigenvalue weighted by Crippen LogP contribution is -2.13. The predicted molar refractivity (Wildman–Crippen MR) is 91.0 cm³/mol. The molecule has 0 saturated heterocycles. The summed E-state index contributed by atoms with van der Waals surface area (Å²) in [6.45, 7) is 0. The highest BCUT2D eigenvalue weighted by Crippen LogP contribution is 2.25. The summed E-state index contributed by atoms with van der Waals surface area (Å²) in [5.41, 5.74) is 0.915. The van der Waals surface area contributed by atoms with E-state index in [1.165, 1.54) is 0 Å². The van der Waals surface area contributed by atoms with Crippen molar-refractivity contribution in [3.8, 4) is 0 Å². The minimum atomic E-state index is -0.447. The summed E-state index contributed by atoms with van der Waals surface area (Å²) in [5.74, 6) is 0.620. The zero-order chi connectivity index (χ0) is 14.5. The average molecular weight is 392 g/mol. The molecule has 0 amide bonds. The van der Waals surface area contributed by atoms with Crippen molar-refractivity contribution in [2.75, 3.05) is 5.75 Å². The van der Waals surface area contributed by atoms with Crippen molar-refractivity contribution in [1.29, 1.82) is 0 Å². The highest BCUT2D eigenvalue weighted by Gasteiger charge is 2.10. The van der Waals surface area contributed by atoms with Crippen molar-refractivity contribution in [2.24, 2.45) is 0 Å². The fraction of sp³-hybridized carbons (Fsp3) is 0.200. The number of halogens is 3. The molecule has 0 aliphatic carbocycles. The Kier molecular flexibility index (Phi) is 6.24. The van der Waals surface area contributed by atoms with E-state index < -0.39 is 6.10 Å². The zero-order valence-electron chi connectivity index (χ0n) is 10.5. The van der Waals surface area contributed by atoms with E-state index in [0.29, 0.717) is 22.2 Å². The molecular formula is C15H13BrCl2OS. The maximum atomic E-state index is 10.1. The lowest BCUT2D eigenvalue weighted by Gasteiger charge is -2.12. The Bertz CT molecular complexity index is 592. The third-order valence-corrected chi connectivity index (χ3v) is 4.93. The molecule has 1 unspecified atom stereocenters. The molecule has 0 bridgehead atoms. The van der Waals surface area contributed by atoms with Gasteiger partial charge in [-0.1, -0.05) is 51.3 Å². The van der Waals surface area contributed by atoms with Crippen LogP contribution in [0.3, 0.4) is 0 Å². The molecule has 106 valence electrons. The Morgan fingerprint density at radius 1 is 1.15 bits per heavy atom. The van der Waals surface area contributed by atoms with Crippen LogP contribution in [0.15, 0.2) is 51.8 Å². The molecule has 2 aromatic carbocycles. The average Bonchev–Trinajstić information content (AvgIpc) is 2.40. The van der Waals surface area contributed by atoms with Gasteiger partial charge in [0.15, 0.2) is 0 Å². The Balaban J connectivity index is 1.90. The maximum Gasteiger partial charge on any atom is 0.0674 e. The fourth-order valence-corrected chi connectivity index (χ4v) is 3.67. The van der Waals surface area contributed by atoms with Crippen LogP contribution in [0.1, 0.15) is 5.56 Å². The van der Waals surface area contributed by atoms with Crippen LogP contribution < -0.4 is 0 Å². The Labute approximate surface area is 141 Å². The first-order chi connectivity index (χ1) is 9.54. The van der Waals surface area contributed by atoms with Gasteiger partial charge < -0.3 is 5.11 Å². The number of hydrogen-bond acceptors (Lipinski definition) is 2. The standard InChI is InChI=1S/C15H13BrCl2OS/c16-11-2-1-3-14(7-11)20-9-13(19)6-10-4-5-12(17)8-15(10)18/h1-5,7-8,13,19H,6,9H2. The first-order valence-electron chi connectivity index (χ1n) is 6.05. The van der Waals surface area contributed by atoms with Crippen LogP contribution >= 0.6 is 50.9 Å². The van der Waals surface area contributed by atoms with Crippen molar-refractivity contribution in [3.05, 3.63) is 62.5 Å². The van der Waals surface area contributed by atoms with Gasteiger partial charge in [-0.3, -0.25) is 0 Å². The molecule has 2 rings (SSSR count). The minimum absolute atomic E-state index is 0.447. The van der Waals surface area contributed by atoms with Gasteiger partial charge in [0.1, 0.15) is 0 Å². The first kappa shape index (κ1) is 16.2. The van der Waals surface area contributed by atoms with Gasteiger partial charge in [-0.15, -0.1) is 11.8 Å². The molecule has 1 N–H and O–H groups in total. The van der Waals surface area contributed by atoms with Crippen LogP contribution in [0.5, 0.6) is 0 Å². The number of thioether (sulfide) groups is 1. The molecule has 0 aliphatic heterocycles. The van der Waals surface area contributed by atoms with E-state index in [9.17, 15) is 5.11 Å². The van der Waals surface area contributed by atoms with Crippen molar-refractivity contribution in [2.45, 2.75) is 17.4 Å². The normalized spacial score (nSPS) is 12.4. The van der Waals surface area contributed by atoms with Crippen LogP contribution in [-0.2, 0) is 6.42 Å². The van der Waals surface area contributed by atoms with Crippen molar-refractivity contribution >= 4 is 50.9 Å². The van der Waals surface area contributed by atoms with Gasteiger partial charge in [-0.2, -0.15) is 0 Å². The Hall–Kier alpha value is -0.190. The van der Waals surface area contributed by atoms with Crippen LogP contribution in [0, 0.1) is 0 Å². The third-order valence-electron chi connectivity index (χ3n) is 2.71. The summed E-state index contributed by atoms with van der Waals surface area (Å²) in [4.78, 5) is 1.13. The van der Waals surface area contributed by atoms with E-state index in [1.54, 1.807) is 23.9 Å². The number of rotatable bonds is 5. The zero-order valence-corrected chi connectivity index (χ0v) is 14.4. The summed E-state index contributed by atoms with van der Waals surface area (Å²) >= 11 is 17.0. The molecule has 0 saturated carbocycles. The van der Waals surface area contributed by atoms with Crippen LogP contribution in [-0.4, -0.2) is 17.0 Å².